The first-order valence-corrected chi connectivity index (χ1v) is 8.10. The van der Waals surface area contributed by atoms with Gasteiger partial charge >= 0.3 is 5.97 Å². The van der Waals surface area contributed by atoms with Crippen LogP contribution in [0.2, 0.25) is 0 Å². The van der Waals surface area contributed by atoms with Crippen LogP contribution in [0.4, 0.5) is 0 Å². The van der Waals surface area contributed by atoms with E-state index in [9.17, 15) is 13.2 Å². The molecule has 1 saturated carbocycles. The summed E-state index contributed by atoms with van der Waals surface area (Å²) in [6, 6.07) is 0. The Labute approximate surface area is 114 Å². The van der Waals surface area contributed by atoms with Crippen molar-refractivity contribution in [2.24, 2.45) is 5.92 Å². The zero-order chi connectivity index (χ0) is 14.0. The number of nitrogens with zero attached hydrogens (tertiary/aromatic N) is 1. The van der Waals surface area contributed by atoms with E-state index >= 15 is 0 Å². The first-order valence-electron chi connectivity index (χ1n) is 6.60. The van der Waals surface area contributed by atoms with Crippen molar-refractivity contribution in [2.75, 3.05) is 27.3 Å². The number of hydrogen-bond donors (Lipinski definition) is 0. The summed E-state index contributed by atoms with van der Waals surface area (Å²) in [5, 5.41) is -0.629. The van der Waals surface area contributed by atoms with Gasteiger partial charge in [-0.05, 0) is 19.3 Å². The zero-order valence-corrected chi connectivity index (χ0v) is 12.2. The third kappa shape index (κ3) is 2.78. The Kier molecular flexibility index (Phi) is 4.47. The Bertz CT molecular complexity index is 435. The molecule has 0 aromatic rings. The highest BCUT2D eigenvalue weighted by Gasteiger charge is 2.46. The van der Waals surface area contributed by atoms with Crippen molar-refractivity contribution >= 4 is 16.0 Å². The minimum Gasteiger partial charge on any atom is -0.469 e. The van der Waals surface area contributed by atoms with Gasteiger partial charge in [-0.25, -0.2) is 8.42 Å². The van der Waals surface area contributed by atoms with E-state index in [1.165, 1.54) is 11.4 Å². The average Bonchev–Trinajstić information content (AvgIpc) is 3.06. The molecule has 2 fully saturated rings. The van der Waals surface area contributed by atoms with E-state index in [1.54, 1.807) is 7.11 Å². The summed E-state index contributed by atoms with van der Waals surface area (Å²) in [6.45, 7) is 0.870. The predicted octanol–water partition coefficient (Wildman–Crippen LogP) is 0.379. The van der Waals surface area contributed by atoms with E-state index in [4.69, 9.17) is 9.47 Å². The number of rotatable bonds is 4. The molecule has 2 rings (SSSR count). The van der Waals surface area contributed by atoms with E-state index in [-0.39, 0.29) is 6.10 Å². The van der Waals surface area contributed by atoms with Crippen LogP contribution >= 0.6 is 0 Å². The molecular weight excluding hydrogens is 270 g/mol. The van der Waals surface area contributed by atoms with E-state index in [2.05, 4.69) is 0 Å². The molecule has 1 aliphatic heterocycles. The molecule has 0 bridgehead atoms. The quantitative estimate of drug-likeness (QED) is 0.700. The van der Waals surface area contributed by atoms with Gasteiger partial charge in [-0.1, -0.05) is 6.42 Å². The van der Waals surface area contributed by atoms with Crippen molar-refractivity contribution in [3.05, 3.63) is 0 Å². The number of hydrogen-bond acceptors (Lipinski definition) is 5. The third-order valence-corrected chi connectivity index (χ3v) is 6.52. The van der Waals surface area contributed by atoms with Crippen molar-refractivity contribution < 1.29 is 22.7 Å². The van der Waals surface area contributed by atoms with E-state index in [1.807, 2.05) is 0 Å². The molecule has 2 aliphatic rings. The normalized spacial score (nSPS) is 32.6. The largest absolute Gasteiger partial charge is 0.469 e. The van der Waals surface area contributed by atoms with Crippen LogP contribution < -0.4 is 0 Å². The van der Waals surface area contributed by atoms with Crippen molar-refractivity contribution in [3.8, 4) is 0 Å². The highest BCUT2D eigenvalue weighted by atomic mass is 32.2. The second-order valence-electron chi connectivity index (χ2n) is 5.15. The summed E-state index contributed by atoms with van der Waals surface area (Å²) < 4.78 is 36.6. The fraction of sp³-hybridized carbons (Fsp3) is 0.917. The fourth-order valence-corrected chi connectivity index (χ4v) is 5.26. The van der Waals surface area contributed by atoms with Gasteiger partial charge in [-0.15, -0.1) is 0 Å². The molecule has 3 atom stereocenters. The van der Waals surface area contributed by atoms with Crippen LogP contribution in [0.15, 0.2) is 0 Å². The summed E-state index contributed by atoms with van der Waals surface area (Å²) in [4.78, 5) is 11.7. The first kappa shape index (κ1) is 14.7. The second-order valence-corrected chi connectivity index (χ2v) is 7.30. The van der Waals surface area contributed by atoms with Crippen molar-refractivity contribution in [3.63, 3.8) is 0 Å². The Balaban J connectivity index is 2.13. The Morgan fingerprint density at radius 3 is 2.53 bits per heavy atom. The van der Waals surface area contributed by atoms with Gasteiger partial charge in [0.25, 0.3) is 0 Å². The zero-order valence-electron chi connectivity index (χ0n) is 11.4. The summed E-state index contributed by atoms with van der Waals surface area (Å²) in [7, 11) is -0.536. The number of ether oxygens (including phenoxy) is 2. The number of carbonyl (C=O) groups excluding carboxylic acids is 1. The molecule has 0 spiro atoms. The van der Waals surface area contributed by atoms with Crippen LogP contribution in [0.5, 0.6) is 0 Å². The maximum atomic E-state index is 12.6. The summed E-state index contributed by atoms with van der Waals surface area (Å²) in [5.74, 6) is -0.926. The Morgan fingerprint density at radius 2 is 1.95 bits per heavy atom. The van der Waals surface area contributed by atoms with Crippen LogP contribution in [0.1, 0.15) is 25.7 Å². The van der Waals surface area contributed by atoms with Gasteiger partial charge in [0.2, 0.25) is 10.0 Å². The standard InChI is InChI=1S/C12H21NO5S/c1-17-9-6-7-13(8-9)19(15,16)11-5-3-4-10(11)12(14)18-2/h9-11H,3-8H2,1-2H3. The van der Waals surface area contributed by atoms with Gasteiger partial charge in [0.15, 0.2) is 0 Å². The molecule has 0 radical (unpaired) electrons. The Hall–Kier alpha value is -0.660. The predicted molar refractivity (Wildman–Crippen MR) is 69.1 cm³/mol. The topological polar surface area (TPSA) is 72.9 Å². The van der Waals surface area contributed by atoms with Gasteiger partial charge in [0.1, 0.15) is 0 Å². The number of methoxy groups -OCH3 is 2. The van der Waals surface area contributed by atoms with Gasteiger partial charge in [0.05, 0.1) is 24.4 Å². The highest BCUT2D eigenvalue weighted by Crippen LogP contribution is 2.35. The smallest absolute Gasteiger partial charge is 0.310 e. The first-order chi connectivity index (χ1) is 9.00. The fourth-order valence-electron chi connectivity index (χ4n) is 3.02. The van der Waals surface area contributed by atoms with E-state index in [0.29, 0.717) is 32.4 Å². The van der Waals surface area contributed by atoms with Crippen LogP contribution in [0, 0.1) is 5.92 Å². The van der Waals surface area contributed by atoms with Crippen LogP contribution in [0.3, 0.4) is 0 Å². The average molecular weight is 291 g/mol. The number of esters is 1. The molecule has 1 heterocycles. The van der Waals surface area contributed by atoms with Crippen LogP contribution in [-0.4, -0.2) is 57.4 Å². The molecular formula is C12H21NO5S. The molecule has 3 unspecified atom stereocenters. The SMILES string of the molecule is COC(=O)C1CCCC1S(=O)(=O)N1CCC(OC)C1. The van der Waals surface area contributed by atoms with Crippen LogP contribution in [0.25, 0.3) is 0 Å². The summed E-state index contributed by atoms with van der Waals surface area (Å²) in [6.07, 6.45) is 2.57. The maximum Gasteiger partial charge on any atom is 0.310 e. The van der Waals surface area contributed by atoms with E-state index in [0.717, 1.165) is 6.42 Å². The molecule has 1 aliphatic carbocycles. The summed E-state index contributed by atoms with van der Waals surface area (Å²) in [5.41, 5.74) is 0. The molecule has 7 heteroatoms. The van der Waals surface area contributed by atoms with Crippen molar-refractivity contribution in [1.82, 2.24) is 4.31 Å². The molecule has 110 valence electrons. The molecule has 0 aromatic carbocycles. The second kappa shape index (κ2) is 5.76. The van der Waals surface area contributed by atoms with Gasteiger partial charge < -0.3 is 9.47 Å². The lowest BCUT2D eigenvalue weighted by Gasteiger charge is -2.24. The van der Waals surface area contributed by atoms with Crippen molar-refractivity contribution in [2.45, 2.75) is 37.0 Å². The van der Waals surface area contributed by atoms with Crippen LogP contribution in [-0.2, 0) is 24.3 Å². The monoisotopic (exact) mass is 291 g/mol. The molecule has 0 N–H and O–H groups in total. The highest BCUT2D eigenvalue weighted by molar-refractivity contribution is 7.89. The molecule has 0 amide bonds. The summed E-state index contributed by atoms with van der Waals surface area (Å²) >= 11 is 0. The lowest BCUT2D eigenvalue weighted by molar-refractivity contribution is -0.145. The number of sulfonamides is 1. The van der Waals surface area contributed by atoms with E-state index < -0.39 is 27.2 Å². The lowest BCUT2D eigenvalue weighted by atomic mass is 10.1. The van der Waals surface area contributed by atoms with Gasteiger partial charge in [-0.3, -0.25) is 4.79 Å². The minimum atomic E-state index is -3.43. The lowest BCUT2D eigenvalue weighted by Crippen LogP contribution is -2.41. The molecule has 1 saturated heterocycles. The molecule has 19 heavy (non-hydrogen) atoms. The maximum absolute atomic E-state index is 12.6. The number of carbonyl (C=O) groups is 1. The minimum absolute atomic E-state index is 0.0345. The van der Waals surface area contributed by atoms with Gasteiger partial charge in [-0.2, -0.15) is 4.31 Å². The Morgan fingerprint density at radius 1 is 1.21 bits per heavy atom. The van der Waals surface area contributed by atoms with Crippen molar-refractivity contribution in [1.29, 1.82) is 0 Å². The molecule has 6 nitrogen and oxygen atoms in total. The third-order valence-electron chi connectivity index (χ3n) is 4.14. The molecule has 0 aromatic heterocycles. The van der Waals surface area contributed by atoms with Gasteiger partial charge in [0, 0.05) is 20.2 Å².